The Morgan fingerprint density at radius 2 is 1.59 bits per heavy atom. The Bertz CT molecular complexity index is 818. The summed E-state index contributed by atoms with van der Waals surface area (Å²) >= 11 is 0. The van der Waals surface area contributed by atoms with Crippen LogP contribution in [0, 0.1) is 0 Å². The Hall–Kier alpha value is -3.36. The lowest BCUT2D eigenvalue weighted by atomic mass is 10.2. The number of nitrogens with zero attached hydrogens (tertiary/aromatic N) is 4. The highest BCUT2D eigenvalue weighted by Crippen LogP contribution is 2.18. The van der Waals surface area contributed by atoms with Crippen LogP contribution in [-0.4, -0.2) is 71.2 Å². The molecule has 2 amide bonds. The molecule has 9 heteroatoms. The van der Waals surface area contributed by atoms with Crippen molar-refractivity contribution in [2.45, 2.75) is 13.8 Å². The molecular formula is C20H25N5O4. The van der Waals surface area contributed by atoms with Gasteiger partial charge in [0.05, 0.1) is 18.8 Å². The molecule has 9 nitrogen and oxygen atoms in total. The highest BCUT2D eigenvalue weighted by molar-refractivity contribution is 5.93. The number of nitrogens with one attached hydrogen (secondary N) is 1. The summed E-state index contributed by atoms with van der Waals surface area (Å²) < 4.78 is 10.4. The van der Waals surface area contributed by atoms with Gasteiger partial charge in [0, 0.05) is 44.3 Å². The first kappa shape index (κ1) is 20.4. The van der Waals surface area contributed by atoms with E-state index in [1.54, 1.807) is 16.7 Å². The van der Waals surface area contributed by atoms with Gasteiger partial charge in [-0.1, -0.05) is 0 Å². The zero-order valence-corrected chi connectivity index (χ0v) is 16.6. The smallest absolute Gasteiger partial charge is 0.409 e. The van der Waals surface area contributed by atoms with E-state index < -0.39 is 0 Å². The molecule has 3 rings (SSSR count). The molecule has 0 atom stereocenters. The normalized spacial score (nSPS) is 13.7. The fourth-order valence-corrected chi connectivity index (χ4v) is 2.92. The van der Waals surface area contributed by atoms with Crippen LogP contribution in [0.25, 0.3) is 0 Å². The van der Waals surface area contributed by atoms with Gasteiger partial charge >= 0.3 is 6.09 Å². The number of amides is 2. The van der Waals surface area contributed by atoms with Crippen LogP contribution in [0.3, 0.4) is 0 Å². The van der Waals surface area contributed by atoms with E-state index in [2.05, 4.69) is 15.3 Å². The van der Waals surface area contributed by atoms with Crippen LogP contribution in [0.4, 0.5) is 16.4 Å². The Morgan fingerprint density at radius 3 is 2.17 bits per heavy atom. The summed E-state index contributed by atoms with van der Waals surface area (Å²) in [6.07, 6.45) is 2.67. The first-order valence-corrected chi connectivity index (χ1v) is 9.63. The van der Waals surface area contributed by atoms with Gasteiger partial charge in [-0.25, -0.2) is 14.8 Å². The first-order chi connectivity index (χ1) is 14.1. The molecule has 0 aliphatic carbocycles. The summed E-state index contributed by atoms with van der Waals surface area (Å²) in [5.41, 5.74) is 1.23. The topological polar surface area (TPSA) is 96.9 Å². The predicted molar refractivity (Wildman–Crippen MR) is 107 cm³/mol. The molecule has 2 heterocycles. The van der Waals surface area contributed by atoms with E-state index in [9.17, 15) is 9.59 Å². The van der Waals surface area contributed by atoms with Crippen LogP contribution >= 0.6 is 0 Å². The van der Waals surface area contributed by atoms with Crippen molar-refractivity contribution in [3.63, 3.8) is 0 Å². The third-order valence-corrected chi connectivity index (χ3v) is 4.41. The third-order valence-electron chi connectivity index (χ3n) is 4.41. The number of aromatic nitrogens is 2. The molecule has 1 aromatic carbocycles. The lowest BCUT2D eigenvalue weighted by molar-refractivity contribution is 0.0570. The Labute approximate surface area is 169 Å². The van der Waals surface area contributed by atoms with E-state index in [0.717, 1.165) is 11.4 Å². The number of anilines is 2. The number of benzene rings is 1. The lowest BCUT2D eigenvalue weighted by Gasteiger charge is -2.33. The molecule has 0 radical (unpaired) electrons. The molecule has 1 aliphatic heterocycles. The van der Waals surface area contributed by atoms with Crippen LogP contribution in [0.5, 0.6) is 5.75 Å². The first-order valence-electron chi connectivity index (χ1n) is 9.63. The maximum Gasteiger partial charge on any atom is 0.409 e. The van der Waals surface area contributed by atoms with Gasteiger partial charge in [-0.05, 0) is 38.1 Å². The number of ether oxygens (including phenoxy) is 2. The number of hydrogen-bond donors (Lipinski definition) is 1. The molecule has 1 saturated heterocycles. The Balaban J connectivity index is 1.54. The van der Waals surface area contributed by atoms with Gasteiger partial charge in [-0.15, -0.1) is 0 Å². The third kappa shape index (κ3) is 5.34. The second-order valence-corrected chi connectivity index (χ2v) is 6.36. The maximum atomic E-state index is 12.6. The molecule has 1 aromatic heterocycles. The maximum absolute atomic E-state index is 12.6. The minimum atomic E-state index is -0.340. The molecule has 1 fully saturated rings. The summed E-state index contributed by atoms with van der Waals surface area (Å²) in [7, 11) is 0. The average Bonchev–Trinajstić information content (AvgIpc) is 2.76. The summed E-state index contributed by atoms with van der Waals surface area (Å²) in [6, 6.07) is 7.46. The van der Waals surface area contributed by atoms with Gasteiger partial charge < -0.3 is 24.6 Å². The predicted octanol–water partition coefficient (Wildman–Crippen LogP) is 2.53. The highest BCUT2D eigenvalue weighted by Gasteiger charge is 2.25. The van der Waals surface area contributed by atoms with Crippen LogP contribution in [-0.2, 0) is 4.74 Å². The number of carbonyl (C=O) groups excluding carboxylic acids is 2. The zero-order valence-electron chi connectivity index (χ0n) is 16.6. The second kappa shape index (κ2) is 9.72. The summed E-state index contributed by atoms with van der Waals surface area (Å²) in [5.74, 6) is 1.04. The summed E-state index contributed by atoms with van der Waals surface area (Å²) in [6.45, 7) is 6.45. The second-order valence-electron chi connectivity index (χ2n) is 6.36. The van der Waals surface area contributed by atoms with Gasteiger partial charge in [-0.2, -0.15) is 0 Å². The number of piperazine rings is 1. The van der Waals surface area contributed by atoms with E-state index in [1.165, 1.54) is 12.4 Å². The molecule has 1 N–H and O–H groups in total. The minimum absolute atomic E-state index is 0.152. The molecule has 2 aromatic rings. The number of rotatable bonds is 6. The van der Waals surface area contributed by atoms with Crippen molar-refractivity contribution in [1.82, 2.24) is 19.8 Å². The average molecular weight is 399 g/mol. The van der Waals surface area contributed by atoms with E-state index in [4.69, 9.17) is 9.47 Å². The van der Waals surface area contributed by atoms with Crippen molar-refractivity contribution in [3.8, 4) is 5.75 Å². The molecule has 0 unspecified atom stereocenters. The van der Waals surface area contributed by atoms with Crippen LogP contribution < -0.4 is 10.1 Å². The molecule has 0 spiro atoms. The zero-order chi connectivity index (χ0) is 20.6. The van der Waals surface area contributed by atoms with Crippen molar-refractivity contribution < 1.29 is 19.1 Å². The van der Waals surface area contributed by atoms with Crippen molar-refractivity contribution in [2.75, 3.05) is 44.7 Å². The van der Waals surface area contributed by atoms with Gasteiger partial charge in [-0.3, -0.25) is 4.79 Å². The largest absolute Gasteiger partial charge is 0.494 e. The van der Waals surface area contributed by atoms with Crippen LogP contribution in [0.2, 0.25) is 0 Å². The lowest BCUT2D eigenvalue weighted by Crippen LogP contribution is -2.50. The number of carbonyl (C=O) groups is 2. The van der Waals surface area contributed by atoms with Crippen LogP contribution in [0.15, 0.2) is 36.7 Å². The van der Waals surface area contributed by atoms with E-state index in [1.807, 2.05) is 31.2 Å². The van der Waals surface area contributed by atoms with Crippen molar-refractivity contribution in [1.29, 1.82) is 0 Å². The Morgan fingerprint density at radius 1 is 0.966 bits per heavy atom. The molecule has 0 saturated carbocycles. The van der Waals surface area contributed by atoms with Gasteiger partial charge in [0.25, 0.3) is 5.91 Å². The van der Waals surface area contributed by atoms with Crippen molar-refractivity contribution >= 4 is 23.6 Å². The SMILES string of the molecule is CCOC(=O)N1CCN(C(=O)c2cnc(Nc3ccc(OCC)cc3)nc2)CC1. The van der Waals surface area contributed by atoms with Gasteiger partial charge in [0.1, 0.15) is 5.75 Å². The van der Waals surface area contributed by atoms with E-state index >= 15 is 0 Å². The Kier molecular flexibility index (Phi) is 6.83. The highest BCUT2D eigenvalue weighted by atomic mass is 16.6. The molecule has 154 valence electrons. The molecule has 0 bridgehead atoms. The minimum Gasteiger partial charge on any atom is -0.494 e. The summed E-state index contributed by atoms with van der Waals surface area (Å²) in [4.78, 5) is 36.2. The molecule has 1 aliphatic rings. The van der Waals surface area contributed by atoms with Gasteiger partial charge in [0.2, 0.25) is 5.95 Å². The van der Waals surface area contributed by atoms with Crippen molar-refractivity contribution in [3.05, 3.63) is 42.2 Å². The fraction of sp³-hybridized carbons (Fsp3) is 0.400. The molecular weight excluding hydrogens is 374 g/mol. The standard InChI is InChI=1S/C20H25N5O4/c1-3-28-17-7-5-16(6-8-17)23-19-21-13-15(14-22-19)18(26)24-9-11-25(12-10-24)20(27)29-4-2/h5-8,13-14H,3-4,9-12H2,1-2H3,(H,21,22,23). The number of hydrogen-bond acceptors (Lipinski definition) is 7. The molecule has 29 heavy (non-hydrogen) atoms. The van der Waals surface area contributed by atoms with E-state index in [0.29, 0.717) is 50.9 Å². The van der Waals surface area contributed by atoms with E-state index in [-0.39, 0.29) is 12.0 Å². The quantitative estimate of drug-likeness (QED) is 0.797. The van der Waals surface area contributed by atoms with Crippen LogP contribution in [0.1, 0.15) is 24.2 Å². The van der Waals surface area contributed by atoms with Gasteiger partial charge in [0.15, 0.2) is 0 Å². The summed E-state index contributed by atoms with van der Waals surface area (Å²) in [5, 5.41) is 3.09. The van der Waals surface area contributed by atoms with Crippen molar-refractivity contribution in [2.24, 2.45) is 0 Å². The fourth-order valence-electron chi connectivity index (χ4n) is 2.92. The monoisotopic (exact) mass is 399 g/mol.